The lowest BCUT2D eigenvalue weighted by Crippen LogP contribution is -2.40. The molecule has 2 aliphatic heterocycles. The van der Waals surface area contributed by atoms with Crippen molar-refractivity contribution >= 4 is 29.8 Å². The van der Waals surface area contributed by atoms with Crippen LogP contribution in [-0.4, -0.2) is 55.0 Å². The lowest BCUT2D eigenvalue weighted by atomic mass is 10.0. The van der Waals surface area contributed by atoms with E-state index < -0.39 is 0 Å². The summed E-state index contributed by atoms with van der Waals surface area (Å²) < 4.78 is 1.17. The zero-order valence-corrected chi connectivity index (χ0v) is 16.1. The number of aromatic nitrogens is 2. The van der Waals surface area contributed by atoms with Crippen molar-refractivity contribution in [3.63, 3.8) is 0 Å². The van der Waals surface area contributed by atoms with Gasteiger partial charge < -0.3 is 9.38 Å². The van der Waals surface area contributed by atoms with Gasteiger partial charge >= 0.3 is 0 Å². The van der Waals surface area contributed by atoms with E-state index in [-0.39, 0.29) is 24.0 Å². The molecule has 2 unspecified atom stereocenters. The van der Waals surface area contributed by atoms with E-state index in [9.17, 15) is 0 Å². The van der Waals surface area contributed by atoms with E-state index in [4.69, 9.17) is 0 Å². The van der Waals surface area contributed by atoms with Crippen molar-refractivity contribution in [3.8, 4) is 11.3 Å². The normalized spacial score (nSPS) is 25.0. The van der Waals surface area contributed by atoms with E-state index in [0.717, 1.165) is 42.0 Å². The Balaban J connectivity index is 0.00000156. The highest BCUT2D eigenvalue weighted by Crippen LogP contribution is 2.35. The SMILES string of the molecule is C[N+]1(C)CC2CN(c3ccc(-c4ccccc4)nn3)CC2C1.I. The first-order valence-electron chi connectivity index (χ1n) is 8.07. The summed E-state index contributed by atoms with van der Waals surface area (Å²) in [6.07, 6.45) is 0. The number of fused-ring (bicyclic) bond motifs is 1. The van der Waals surface area contributed by atoms with Gasteiger partial charge in [0.15, 0.2) is 5.82 Å². The summed E-state index contributed by atoms with van der Waals surface area (Å²) in [6, 6.07) is 14.4. The molecule has 0 saturated carbocycles. The highest BCUT2D eigenvalue weighted by Gasteiger charge is 2.46. The van der Waals surface area contributed by atoms with E-state index in [1.165, 1.54) is 17.6 Å². The number of likely N-dealkylation sites (tertiary alicyclic amines) is 1. The molecule has 5 heteroatoms. The molecular formula is C18H24IN4+. The Morgan fingerprint density at radius 2 is 1.57 bits per heavy atom. The lowest BCUT2D eigenvalue weighted by molar-refractivity contribution is -0.880. The summed E-state index contributed by atoms with van der Waals surface area (Å²) in [6.45, 7) is 4.84. The van der Waals surface area contributed by atoms with Crippen molar-refractivity contribution in [2.45, 2.75) is 0 Å². The predicted molar refractivity (Wildman–Crippen MR) is 104 cm³/mol. The Morgan fingerprint density at radius 1 is 0.913 bits per heavy atom. The van der Waals surface area contributed by atoms with Gasteiger partial charge in [0.2, 0.25) is 0 Å². The van der Waals surface area contributed by atoms with Gasteiger partial charge in [-0.25, -0.2) is 0 Å². The Kier molecular flexibility index (Phi) is 4.60. The van der Waals surface area contributed by atoms with Crippen LogP contribution in [0.2, 0.25) is 0 Å². The van der Waals surface area contributed by atoms with Crippen LogP contribution < -0.4 is 4.90 Å². The average Bonchev–Trinajstić information content (AvgIpc) is 3.02. The second-order valence-electron chi connectivity index (χ2n) is 7.37. The molecule has 0 radical (unpaired) electrons. The van der Waals surface area contributed by atoms with Gasteiger partial charge in [-0.3, -0.25) is 0 Å². The second-order valence-corrected chi connectivity index (χ2v) is 7.37. The van der Waals surface area contributed by atoms with Crippen molar-refractivity contribution < 1.29 is 4.48 Å². The first-order valence-corrected chi connectivity index (χ1v) is 8.07. The first kappa shape index (κ1) is 16.6. The van der Waals surface area contributed by atoms with Crippen LogP contribution in [0.4, 0.5) is 5.82 Å². The Bertz CT molecular complexity index is 640. The molecule has 2 fully saturated rings. The average molecular weight is 423 g/mol. The number of quaternary nitrogens is 1. The van der Waals surface area contributed by atoms with Crippen molar-refractivity contribution in [3.05, 3.63) is 42.5 Å². The number of rotatable bonds is 2. The maximum absolute atomic E-state index is 4.47. The van der Waals surface area contributed by atoms with Gasteiger partial charge in [-0.2, -0.15) is 0 Å². The molecule has 1 aromatic heterocycles. The van der Waals surface area contributed by atoms with Crippen molar-refractivity contribution in [2.75, 3.05) is 45.2 Å². The van der Waals surface area contributed by atoms with E-state index in [1.54, 1.807) is 0 Å². The summed E-state index contributed by atoms with van der Waals surface area (Å²) in [5.41, 5.74) is 2.07. The van der Waals surface area contributed by atoms with Crippen LogP contribution in [-0.2, 0) is 0 Å². The van der Waals surface area contributed by atoms with Crippen LogP contribution in [0, 0.1) is 11.8 Å². The smallest absolute Gasteiger partial charge is 0.151 e. The van der Waals surface area contributed by atoms with E-state index in [1.807, 2.05) is 18.2 Å². The second kappa shape index (κ2) is 6.36. The molecule has 0 aliphatic carbocycles. The molecule has 4 nitrogen and oxygen atoms in total. The summed E-state index contributed by atoms with van der Waals surface area (Å²) in [5.74, 6) is 2.65. The standard InChI is InChI=1S/C18H23N4.HI/c1-22(2)12-15-10-21(11-16(15)13-22)18-9-8-17(19-20-18)14-6-4-3-5-7-14;/h3-9,15-16H,10-13H2,1-2H3;1H/q+1;. The zero-order valence-electron chi connectivity index (χ0n) is 13.7. The topological polar surface area (TPSA) is 29.0 Å². The minimum Gasteiger partial charge on any atom is -0.354 e. The maximum Gasteiger partial charge on any atom is 0.151 e. The third kappa shape index (κ3) is 3.35. The van der Waals surface area contributed by atoms with Crippen LogP contribution >= 0.6 is 24.0 Å². The molecule has 0 amide bonds. The number of benzene rings is 1. The van der Waals surface area contributed by atoms with Gasteiger partial charge in [-0.05, 0) is 12.1 Å². The molecular weight excluding hydrogens is 399 g/mol. The minimum atomic E-state index is 0. The van der Waals surface area contributed by atoms with Crippen LogP contribution in [0.5, 0.6) is 0 Å². The molecule has 4 rings (SSSR count). The summed E-state index contributed by atoms with van der Waals surface area (Å²) >= 11 is 0. The van der Waals surface area contributed by atoms with Crippen molar-refractivity contribution in [1.82, 2.24) is 10.2 Å². The monoisotopic (exact) mass is 423 g/mol. The van der Waals surface area contributed by atoms with Crippen molar-refractivity contribution in [2.24, 2.45) is 11.8 Å². The molecule has 0 bridgehead atoms. The van der Waals surface area contributed by atoms with Gasteiger partial charge in [0.1, 0.15) is 0 Å². The number of hydrogen-bond acceptors (Lipinski definition) is 3. The van der Waals surface area contributed by atoms with E-state index in [2.05, 4.69) is 53.5 Å². The number of hydrogen-bond donors (Lipinski definition) is 0. The minimum absolute atomic E-state index is 0. The molecule has 2 saturated heterocycles. The summed E-state index contributed by atoms with van der Waals surface area (Å²) in [4.78, 5) is 2.41. The highest BCUT2D eigenvalue weighted by molar-refractivity contribution is 14.0. The fraction of sp³-hybridized carbons (Fsp3) is 0.444. The quantitative estimate of drug-likeness (QED) is 0.550. The molecule has 2 aliphatic rings. The number of anilines is 1. The number of halogens is 1. The van der Waals surface area contributed by atoms with Gasteiger partial charge in [0, 0.05) is 30.5 Å². The third-order valence-corrected chi connectivity index (χ3v) is 5.08. The maximum atomic E-state index is 4.47. The Morgan fingerprint density at radius 3 is 2.13 bits per heavy atom. The summed E-state index contributed by atoms with van der Waals surface area (Å²) in [5, 5.41) is 8.89. The molecule has 3 heterocycles. The molecule has 2 aromatic rings. The Labute approximate surface area is 155 Å². The molecule has 0 N–H and O–H groups in total. The molecule has 1 aromatic carbocycles. The van der Waals surface area contributed by atoms with Crippen molar-refractivity contribution in [1.29, 1.82) is 0 Å². The van der Waals surface area contributed by atoms with Crippen LogP contribution in [0.15, 0.2) is 42.5 Å². The van der Waals surface area contributed by atoms with Crippen LogP contribution in [0.1, 0.15) is 0 Å². The molecule has 0 spiro atoms. The van der Waals surface area contributed by atoms with Gasteiger partial charge in [-0.1, -0.05) is 30.3 Å². The largest absolute Gasteiger partial charge is 0.354 e. The number of nitrogens with zero attached hydrogens (tertiary/aromatic N) is 4. The summed E-state index contributed by atoms with van der Waals surface area (Å²) in [7, 11) is 4.69. The van der Waals surface area contributed by atoms with Gasteiger partial charge in [0.05, 0.1) is 32.9 Å². The first-order chi connectivity index (χ1) is 10.6. The van der Waals surface area contributed by atoms with E-state index >= 15 is 0 Å². The van der Waals surface area contributed by atoms with Gasteiger partial charge in [0.25, 0.3) is 0 Å². The predicted octanol–water partition coefficient (Wildman–Crippen LogP) is 2.90. The van der Waals surface area contributed by atoms with E-state index in [0.29, 0.717) is 0 Å². The zero-order chi connectivity index (χ0) is 15.2. The lowest BCUT2D eigenvalue weighted by Gasteiger charge is -2.27. The van der Waals surface area contributed by atoms with Crippen LogP contribution in [0.25, 0.3) is 11.3 Å². The highest BCUT2D eigenvalue weighted by atomic mass is 127. The fourth-order valence-electron chi connectivity index (χ4n) is 4.14. The Hall–Kier alpha value is -1.21. The molecule has 2 atom stereocenters. The molecule has 122 valence electrons. The third-order valence-electron chi connectivity index (χ3n) is 5.08. The van der Waals surface area contributed by atoms with Crippen LogP contribution in [0.3, 0.4) is 0 Å². The molecule has 23 heavy (non-hydrogen) atoms. The fourth-order valence-corrected chi connectivity index (χ4v) is 4.14. The van der Waals surface area contributed by atoms with Gasteiger partial charge in [-0.15, -0.1) is 34.2 Å².